The Bertz CT molecular complexity index is 996. The zero-order valence-electron chi connectivity index (χ0n) is 13.5. The minimum Gasteiger partial charge on any atom is -0.495 e. The van der Waals surface area contributed by atoms with Gasteiger partial charge in [-0.2, -0.15) is 0 Å². The first kappa shape index (κ1) is 17.3. The van der Waals surface area contributed by atoms with E-state index in [0.29, 0.717) is 22.2 Å². The second-order valence-electron chi connectivity index (χ2n) is 5.16. The van der Waals surface area contributed by atoms with Crippen molar-refractivity contribution < 1.29 is 14.3 Å². The molecule has 0 bridgehead atoms. The van der Waals surface area contributed by atoms with E-state index in [1.54, 1.807) is 12.1 Å². The van der Waals surface area contributed by atoms with Gasteiger partial charge in [-0.1, -0.05) is 35.1 Å². The second kappa shape index (κ2) is 7.16. The number of hydrogen-bond donors (Lipinski definition) is 1. The molecule has 1 aromatic heterocycles. The Labute approximate surface area is 152 Å². The van der Waals surface area contributed by atoms with Crippen molar-refractivity contribution in [3.05, 3.63) is 51.1 Å². The molecule has 0 aliphatic rings. The number of amides is 1. The van der Waals surface area contributed by atoms with Crippen molar-refractivity contribution in [2.45, 2.75) is 6.54 Å². The summed E-state index contributed by atoms with van der Waals surface area (Å²) in [6.45, 7) is -0.100. The van der Waals surface area contributed by atoms with E-state index < -0.39 is 0 Å². The third kappa shape index (κ3) is 3.47. The maximum Gasteiger partial charge on any atom is 0.308 e. The van der Waals surface area contributed by atoms with Crippen molar-refractivity contribution in [2.24, 2.45) is 0 Å². The fourth-order valence-corrected chi connectivity index (χ4v) is 3.58. The number of para-hydroxylation sites is 1. The molecule has 0 saturated heterocycles. The van der Waals surface area contributed by atoms with E-state index in [2.05, 4.69) is 5.32 Å². The first-order valence-electron chi connectivity index (χ1n) is 7.33. The highest BCUT2D eigenvalue weighted by Gasteiger charge is 2.15. The number of thiazole rings is 1. The summed E-state index contributed by atoms with van der Waals surface area (Å²) in [4.78, 5) is 24.4. The van der Waals surface area contributed by atoms with Gasteiger partial charge in [0.25, 0.3) is 0 Å². The van der Waals surface area contributed by atoms with Crippen LogP contribution in [0.3, 0.4) is 0 Å². The summed E-state index contributed by atoms with van der Waals surface area (Å²) in [7, 11) is 2.96. The molecule has 0 fully saturated rings. The van der Waals surface area contributed by atoms with Crippen LogP contribution in [0.5, 0.6) is 11.5 Å². The van der Waals surface area contributed by atoms with Gasteiger partial charge in [-0.3, -0.25) is 14.2 Å². The lowest BCUT2D eigenvalue weighted by Crippen LogP contribution is -2.24. The maximum absolute atomic E-state index is 12.4. The fraction of sp³-hybridized carbons (Fsp3) is 0.176. The van der Waals surface area contributed by atoms with Crippen molar-refractivity contribution in [3.8, 4) is 11.5 Å². The van der Waals surface area contributed by atoms with Crippen LogP contribution in [0.4, 0.5) is 5.69 Å². The molecule has 0 saturated carbocycles. The van der Waals surface area contributed by atoms with E-state index in [1.165, 1.54) is 18.8 Å². The Kier molecular flexibility index (Phi) is 4.96. The Balaban J connectivity index is 1.88. The standard InChI is InChI=1S/C17H15ClN2O4S/c1-23-13-8-11(14(24-2)7-10(13)18)19-16(21)9-20-12-5-3-4-6-15(12)25-17(20)22/h3-8H,9H2,1-2H3,(H,19,21). The average molecular weight is 379 g/mol. The number of methoxy groups -OCH3 is 2. The highest BCUT2D eigenvalue weighted by Crippen LogP contribution is 2.35. The number of nitrogens with zero attached hydrogens (tertiary/aromatic N) is 1. The van der Waals surface area contributed by atoms with Gasteiger partial charge in [0.05, 0.1) is 35.1 Å². The van der Waals surface area contributed by atoms with E-state index in [0.717, 1.165) is 21.6 Å². The normalized spacial score (nSPS) is 10.7. The number of carbonyl (C=O) groups is 1. The molecule has 25 heavy (non-hydrogen) atoms. The third-order valence-corrected chi connectivity index (χ3v) is 4.88. The van der Waals surface area contributed by atoms with Crippen LogP contribution >= 0.6 is 22.9 Å². The highest BCUT2D eigenvalue weighted by molar-refractivity contribution is 7.16. The van der Waals surface area contributed by atoms with Crippen molar-refractivity contribution in [3.63, 3.8) is 0 Å². The highest BCUT2D eigenvalue weighted by atomic mass is 35.5. The van der Waals surface area contributed by atoms with Gasteiger partial charge in [0, 0.05) is 12.1 Å². The largest absolute Gasteiger partial charge is 0.495 e. The Hall–Kier alpha value is -2.51. The minimum atomic E-state index is -0.353. The predicted octanol–water partition coefficient (Wildman–Crippen LogP) is 3.37. The predicted molar refractivity (Wildman–Crippen MR) is 99.3 cm³/mol. The SMILES string of the molecule is COc1cc(NC(=O)Cn2c(=O)sc3ccccc32)c(OC)cc1Cl. The summed E-state index contributed by atoms with van der Waals surface area (Å²) in [5.74, 6) is 0.464. The molecule has 1 heterocycles. The summed E-state index contributed by atoms with van der Waals surface area (Å²) >= 11 is 7.16. The average Bonchev–Trinajstić information content (AvgIpc) is 2.91. The molecular weight excluding hydrogens is 364 g/mol. The molecule has 0 radical (unpaired) electrons. The van der Waals surface area contributed by atoms with E-state index in [9.17, 15) is 9.59 Å². The van der Waals surface area contributed by atoms with Gasteiger partial charge >= 0.3 is 4.87 Å². The van der Waals surface area contributed by atoms with Gasteiger partial charge in [-0.05, 0) is 12.1 Å². The smallest absolute Gasteiger partial charge is 0.308 e. The molecule has 1 amide bonds. The lowest BCUT2D eigenvalue weighted by atomic mass is 10.2. The Morgan fingerprint density at radius 1 is 1.20 bits per heavy atom. The lowest BCUT2D eigenvalue weighted by Gasteiger charge is -2.13. The van der Waals surface area contributed by atoms with Gasteiger partial charge in [-0.15, -0.1) is 0 Å². The number of rotatable bonds is 5. The zero-order chi connectivity index (χ0) is 18.0. The van der Waals surface area contributed by atoms with Crippen LogP contribution in [0.2, 0.25) is 5.02 Å². The van der Waals surface area contributed by atoms with Crippen LogP contribution in [-0.4, -0.2) is 24.7 Å². The summed E-state index contributed by atoms with van der Waals surface area (Å²) in [6, 6.07) is 10.5. The summed E-state index contributed by atoms with van der Waals surface area (Å²) in [5.41, 5.74) is 1.15. The number of halogens is 1. The van der Waals surface area contributed by atoms with Crippen LogP contribution < -0.4 is 19.7 Å². The number of ether oxygens (including phenoxy) is 2. The maximum atomic E-state index is 12.4. The molecule has 1 N–H and O–H groups in total. The van der Waals surface area contributed by atoms with Crippen LogP contribution in [0.25, 0.3) is 10.2 Å². The van der Waals surface area contributed by atoms with Crippen LogP contribution in [0.1, 0.15) is 0 Å². The molecule has 130 valence electrons. The number of anilines is 1. The summed E-state index contributed by atoms with van der Waals surface area (Å²) < 4.78 is 12.7. The fourth-order valence-electron chi connectivity index (χ4n) is 2.46. The molecule has 0 aliphatic carbocycles. The molecule has 3 rings (SSSR count). The molecule has 3 aromatic rings. The van der Waals surface area contributed by atoms with Gasteiger partial charge in [0.1, 0.15) is 18.0 Å². The molecule has 2 aromatic carbocycles. The van der Waals surface area contributed by atoms with Crippen LogP contribution in [-0.2, 0) is 11.3 Å². The zero-order valence-corrected chi connectivity index (χ0v) is 15.1. The number of hydrogen-bond acceptors (Lipinski definition) is 5. The number of carbonyl (C=O) groups excluding carboxylic acids is 1. The number of aromatic nitrogens is 1. The molecule has 6 nitrogen and oxygen atoms in total. The van der Waals surface area contributed by atoms with Crippen LogP contribution in [0.15, 0.2) is 41.2 Å². The molecule has 0 spiro atoms. The summed E-state index contributed by atoms with van der Waals surface area (Å²) in [5, 5.41) is 3.11. The van der Waals surface area contributed by atoms with Gasteiger partial charge in [0.15, 0.2) is 0 Å². The van der Waals surface area contributed by atoms with Gasteiger partial charge < -0.3 is 14.8 Å². The van der Waals surface area contributed by atoms with Gasteiger partial charge in [0.2, 0.25) is 5.91 Å². The van der Waals surface area contributed by atoms with E-state index in [1.807, 2.05) is 24.3 Å². The Morgan fingerprint density at radius 3 is 2.64 bits per heavy atom. The van der Waals surface area contributed by atoms with E-state index >= 15 is 0 Å². The lowest BCUT2D eigenvalue weighted by molar-refractivity contribution is -0.116. The van der Waals surface area contributed by atoms with Crippen LogP contribution in [0, 0.1) is 0 Å². The first-order chi connectivity index (χ1) is 12.0. The topological polar surface area (TPSA) is 69.6 Å². The number of fused-ring (bicyclic) bond motifs is 1. The quantitative estimate of drug-likeness (QED) is 0.739. The number of benzene rings is 2. The minimum absolute atomic E-state index is 0.100. The molecule has 0 aliphatic heterocycles. The second-order valence-corrected chi connectivity index (χ2v) is 6.56. The monoisotopic (exact) mass is 378 g/mol. The molecular formula is C17H15ClN2O4S. The van der Waals surface area contributed by atoms with Crippen molar-refractivity contribution in [1.29, 1.82) is 0 Å². The first-order valence-corrected chi connectivity index (χ1v) is 8.52. The molecule has 0 unspecified atom stereocenters. The van der Waals surface area contributed by atoms with Crippen molar-refractivity contribution in [1.82, 2.24) is 4.57 Å². The van der Waals surface area contributed by atoms with Crippen molar-refractivity contribution >= 4 is 44.7 Å². The Morgan fingerprint density at radius 2 is 1.92 bits per heavy atom. The van der Waals surface area contributed by atoms with Crippen molar-refractivity contribution in [2.75, 3.05) is 19.5 Å². The molecule has 8 heteroatoms. The van der Waals surface area contributed by atoms with Gasteiger partial charge in [-0.25, -0.2) is 0 Å². The summed E-state index contributed by atoms with van der Waals surface area (Å²) in [6.07, 6.45) is 0. The van der Waals surface area contributed by atoms with E-state index in [4.69, 9.17) is 21.1 Å². The number of nitrogens with one attached hydrogen (secondary N) is 1. The third-order valence-electron chi connectivity index (χ3n) is 3.62. The molecule has 0 atom stereocenters. The van der Waals surface area contributed by atoms with E-state index in [-0.39, 0.29) is 17.3 Å².